The van der Waals surface area contributed by atoms with E-state index in [4.69, 9.17) is 16.3 Å². The summed E-state index contributed by atoms with van der Waals surface area (Å²) < 4.78 is 5.02. The summed E-state index contributed by atoms with van der Waals surface area (Å²) in [7, 11) is 1.51. The summed E-state index contributed by atoms with van der Waals surface area (Å²) in [5, 5.41) is 21.6. The lowest BCUT2D eigenvalue weighted by atomic mass is 10.0. The number of pyridine rings is 3. The summed E-state index contributed by atoms with van der Waals surface area (Å²) in [5.41, 5.74) is 2.38. The third-order valence-corrected chi connectivity index (χ3v) is 4.97. The maximum Gasteiger partial charge on any atom is 0.413 e. The molecule has 1 atom stereocenters. The first-order valence-corrected chi connectivity index (χ1v) is 9.60. The van der Waals surface area contributed by atoms with Gasteiger partial charge in [-0.05, 0) is 17.7 Å². The molecule has 31 heavy (non-hydrogen) atoms. The molecule has 4 aromatic heterocycles. The number of hydrogen-bond acceptors (Lipinski definition) is 6. The number of rotatable bonds is 6. The lowest BCUT2D eigenvalue weighted by Crippen LogP contribution is -2.29. The van der Waals surface area contributed by atoms with Gasteiger partial charge in [0.1, 0.15) is 17.6 Å². The van der Waals surface area contributed by atoms with Gasteiger partial charge in [-0.15, -0.1) is 0 Å². The Morgan fingerprint density at radius 3 is 2.68 bits per heavy atom. The third-order valence-electron chi connectivity index (χ3n) is 4.77. The highest BCUT2D eigenvalue weighted by atomic mass is 35.5. The largest absolute Gasteiger partial charge is 0.481 e. The van der Waals surface area contributed by atoms with Crippen molar-refractivity contribution in [1.29, 1.82) is 0 Å². The average molecular weight is 440 g/mol. The third kappa shape index (κ3) is 4.27. The van der Waals surface area contributed by atoms with Crippen LogP contribution in [0.4, 0.5) is 10.6 Å². The van der Waals surface area contributed by atoms with Crippen LogP contribution >= 0.6 is 11.6 Å². The molecule has 4 aromatic rings. The van der Waals surface area contributed by atoms with Gasteiger partial charge in [-0.3, -0.25) is 4.90 Å². The average Bonchev–Trinajstić information content (AvgIpc) is 3.20. The van der Waals surface area contributed by atoms with E-state index in [2.05, 4.69) is 19.9 Å². The number of carbonyl (C=O) groups is 1. The van der Waals surface area contributed by atoms with Gasteiger partial charge in [-0.25, -0.2) is 19.7 Å². The minimum absolute atomic E-state index is 0.0633. The Kier molecular flexibility index (Phi) is 5.70. The maximum atomic E-state index is 11.8. The lowest BCUT2D eigenvalue weighted by molar-refractivity contribution is 0.201. The number of nitrogens with zero attached hydrogens (tertiary/aromatic N) is 4. The molecule has 1 amide bonds. The van der Waals surface area contributed by atoms with Crippen molar-refractivity contribution in [3.63, 3.8) is 0 Å². The van der Waals surface area contributed by atoms with Crippen molar-refractivity contribution < 1.29 is 19.7 Å². The monoisotopic (exact) mass is 439 g/mol. The van der Waals surface area contributed by atoms with Crippen LogP contribution in [0.1, 0.15) is 22.8 Å². The zero-order valence-corrected chi connectivity index (χ0v) is 17.1. The molecule has 1 unspecified atom stereocenters. The van der Waals surface area contributed by atoms with Gasteiger partial charge in [-0.1, -0.05) is 23.7 Å². The van der Waals surface area contributed by atoms with E-state index in [9.17, 15) is 15.0 Å². The zero-order chi connectivity index (χ0) is 22.0. The lowest BCUT2D eigenvalue weighted by Gasteiger charge is -2.19. The predicted octanol–water partition coefficient (Wildman–Crippen LogP) is 3.78. The molecule has 10 heteroatoms. The SMILES string of the molecule is COc1ccc(CN(C(=O)O)c2ccc(C(O)c3c[nH]c4ncc(Cl)cc34)cn2)cn1. The van der Waals surface area contributed by atoms with Gasteiger partial charge in [0.25, 0.3) is 0 Å². The van der Waals surface area contributed by atoms with E-state index in [1.54, 1.807) is 42.7 Å². The van der Waals surface area contributed by atoms with Gasteiger partial charge in [0, 0.05) is 47.4 Å². The number of halogens is 1. The first-order chi connectivity index (χ1) is 15.0. The molecular formula is C21H18ClN5O4. The van der Waals surface area contributed by atoms with Crippen molar-refractivity contribution in [1.82, 2.24) is 19.9 Å². The Hall–Kier alpha value is -3.69. The van der Waals surface area contributed by atoms with Crippen molar-refractivity contribution in [3.8, 4) is 5.88 Å². The first kappa shape index (κ1) is 20.6. The summed E-state index contributed by atoms with van der Waals surface area (Å²) in [6.07, 6.45) is 4.02. The fourth-order valence-corrected chi connectivity index (χ4v) is 3.34. The molecule has 0 aliphatic carbocycles. The highest BCUT2D eigenvalue weighted by molar-refractivity contribution is 6.31. The number of aliphatic hydroxyl groups is 1. The van der Waals surface area contributed by atoms with Crippen LogP contribution in [-0.4, -0.2) is 43.4 Å². The number of aromatic nitrogens is 4. The van der Waals surface area contributed by atoms with Gasteiger partial charge in [0.15, 0.2) is 0 Å². The molecule has 0 radical (unpaired) electrons. The summed E-state index contributed by atoms with van der Waals surface area (Å²) in [5.74, 6) is 0.666. The molecule has 0 fully saturated rings. The van der Waals surface area contributed by atoms with Gasteiger partial charge in [0.05, 0.1) is 18.7 Å². The zero-order valence-electron chi connectivity index (χ0n) is 16.4. The molecule has 0 bridgehead atoms. The molecule has 0 aliphatic rings. The Bertz CT molecular complexity index is 1210. The maximum absolute atomic E-state index is 11.8. The van der Waals surface area contributed by atoms with Crippen LogP contribution in [0.15, 0.2) is 55.1 Å². The number of H-pyrrole nitrogens is 1. The normalized spacial score (nSPS) is 12.0. The van der Waals surface area contributed by atoms with Crippen molar-refractivity contribution in [2.24, 2.45) is 0 Å². The van der Waals surface area contributed by atoms with Crippen molar-refractivity contribution in [3.05, 3.63) is 76.8 Å². The Morgan fingerprint density at radius 2 is 2.03 bits per heavy atom. The van der Waals surface area contributed by atoms with E-state index in [-0.39, 0.29) is 12.4 Å². The summed E-state index contributed by atoms with van der Waals surface area (Å²) in [6, 6.07) is 8.28. The van der Waals surface area contributed by atoms with Crippen LogP contribution in [0.25, 0.3) is 11.0 Å². The number of aromatic amines is 1. The Morgan fingerprint density at radius 1 is 1.19 bits per heavy atom. The molecule has 0 aromatic carbocycles. The number of carboxylic acid groups (broad SMARTS) is 1. The standard InChI is InChI=1S/C21H18ClN5O4/c1-31-18-5-2-12(7-24-18)11-27(21(29)30)17-4-3-13(8-23-17)19(28)16-10-26-20-15(16)6-14(22)9-25-20/h2-10,19,28H,11H2,1H3,(H,25,26)(H,29,30). The van der Waals surface area contributed by atoms with Gasteiger partial charge in [0.2, 0.25) is 5.88 Å². The second kappa shape index (κ2) is 8.58. The van der Waals surface area contributed by atoms with Crippen LogP contribution < -0.4 is 9.64 Å². The molecule has 0 spiro atoms. The molecule has 0 saturated heterocycles. The van der Waals surface area contributed by atoms with Crippen molar-refractivity contribution >= 4 is 34.5 Å². The van der Waals surface area contributed by atoms with E-state index in [0.29, 0.717) is 38.6 Å². The van der Waals surface area contributed by atoms with Crippen LogP contribution in [-0.2, 0) is 6.54 Å². The van der Waals surface area contributed by atoms with Crippen LogP contribution in [0.5, 0.6) is 5.88 Å². The van der Waals surface area contributed by atoms with E-state index in [1.807, 2.05) is 0 Å². The number of nitrogens with one attached hydrogen (secondary N) is 1. The number of hydrogen-bond donors (Lipinski definition) is 3. The summed E-state index contributed by atoms with van der Waals surface area (Å²) >= 11 is 6.02. The smallest absolute Gasteiger partial charge is 0.413 e. The number of fused-ring (bicyclic) bond motifs is 1. The minimum Gasteiger partial charge on any atom is -0.481 e. The van der Waals surface area contributed by atoms with E-state index < -0.39 is 12.2 Å². The molecule has 9 nitrogen and oxygen atoms in total. The van der Waals surface area contributed by atoms with Gasteiger partial charge >= 0.3 is 6.09 Å². The van der Waals surface area contributed by atoms with Crippen LogP contribution in [0, 0.1) is 0 Å². The highest BCUT2D eigenvalue weighted by Crippen LogP contribution is 2.30. The number of methoxy groups -OCH3 is 1. The second-order valence-corrected chi connectivity index (χ2v) is 7.16. The Balaban J connectivity index is 1.57. The molecule has 4 heterocycles. The highest BCUT2D eigenvalue weighted by Gasteiger charge is 2.20. The fourth-order valence-electron chi connectivity index (χ4n) is 3.18. The van der Waals surface area contributed by atoms with Crippen LogP contribution in [0.3, 0.4) is 0 Å². The van der Waals surface area contributed by atoms with Crippen molar-refractivity contribution in [2.75, 3.05) is 12.0 Å². The molecule has 158 valence electrons. The van der Waals surface area contributed by atoms with Gasteiger partial charge in [-0.2, -0.15) is 0 Å². The fraction of sp³-hybridized carbons (Fsp3) is 0.143. The number of amides is 1. The molecule has 4 rings (SSSR count). The van der Waals surface area contributed by atoms with E-state index in [1.165, 1.54) is 19.5 Å². The molecule has 3 N–H and O–H groups in total. The van der Waals surface area contributed by atoms with Crippen LogP contribution in [0.2, 0.25) is 5.02 Å². The molecule has 0 aliphatic heterocycles. The number of ether oxygens (including phenoxy) is 1. The second-order valence-electron chi connectivity index (χ2n) is 6.72. The van der Waals surface area contributed by atoms with Crippen molar-refractivity contribution in [2.45, 2.75) is 12.6 Å². The number of aliphatic hydroxyl groups excluding tert-OH is 1. The quantitative estimate of drug-likeness (QED) is 0.417. The number of anilines is 1. The Labute approximate surface area is 181 Å². The van der Waals surface area contributed by atoms with E-state index in [0.717, 1.165) is 4.90 Å². The molecule has 0 saturated carbocycles. The van der Waals surface area contributed by atoms with E-state index >= 15 is 0 Å². The minimum atomic E-state index is -1.16. The summed E-state index contributed by atoms with van der Waals surface area (Å²) in [4.78, 5) is 28.4. The summed E-state index contributed by atoms with van der Waals surface area (Å²) in [6.45, 7) is 0.0633. The van der Waals surface area contributed by atoms with Gasteiger partial charge < -0.3 is 19.9 Å². The topological polar surface area (TPSA) is 124 Å². The first-order valence-electron chi connectivity index (χ1n) is 9.22. The predicted molar refractivity (Wildman–Crippen MR) is 114 cm³/mol. The molecular weight excluding hydrogens is 422 g/mol.